The van der Waals surface area contributed by atoms with E-state index in [1.807, 2.05) is 6.92 Å². The molecule has 2 fully saturated rings. The van der Waals surface area contributed by atoms with Crippen molar-refractivity contribution in [2.75, 3.05) is 5.32 Å². The molecular weight excluding hydrogens is 340 g/mol. The maximum atomic E-state index is 12.9. The van der Waals surface area contributed by atoms with Crippen LogP contribution in [0.2, 0.25) is 0 Å². The molecule has 8 heteroatoms. The average molecular weight is 360 g/mol. The summed E-state index contributed by atoms with van der Waals surface area (Å²) in [6.45, 7) is 3.56. The van der Waals surface area contributed by atoms with Gasteiger partial charge in [-0.1, -0.05) is 30.4 Å². The third-order valence-corrected chi connectivity index (χ3v) is 6.54. The van der Waals surface area contributed by atoms with Crippen LogP contribution in [0.3, 0.4) is 0 Å². The number of nitrogens with one attached hydrogen (secondary N) is 1. The van der Waals surface area contributed by atoms with Gasteiger partial charge in [0, 0.05) is 0 Å². The lowest BCUT2D eigenvalue weighted by Crippen LogP contribution is -2.46. The smallest absolute Gasteiger partial charge is 0.249 e. The van der Waals surface area contributed by atoms with Crippen molar-refractivity contribution in [2.45, 2.75) is 39.2 Å². The number of fused-ring (bicyclic) bond motifs is 1. The Morgan fingerprint density at radius 3 is 2.32 bits per heavy atom. The van der Waals surface area contributed by atoms with Crippen LogP contribution in [0.15, 0.2) is 12.2 Å². The fourth-order valence-electron chi connectivity index (χ4n) is 4.25. The molecule has 0 aromatic carbocycles. The Balaban J connectivity index is 1.52. The van der Waals surface area contributed by atoms with Gasteiger partial charge in [0.2, 0.25) is 22.9 Å². The molecule has 25 heavy (non-hydrogen) atoms. The highest BCUT2D eigenvalue weighted by Gasteiger charge is 2.58. The quantitative estimate of drug-likeness (QED) is 0.651. The minimum Gasteiger partial charge on any atom is -0.299 e. The highest BCUT2D eigenvalue weighted by molar-refractivity contribution is 7.15. The summed E-state index contributed by atoms with van der Waals surface area (Å²) in [5, 5.41) is 11.8. The molecule has 4 aliphatic rings. The SMILES string of the molecule is CCc1nnc(NC(=O)[C@@H](C)N2C(=O)[C@@H]3[C@H](C2=O)[C@H]2C=C[C@H]3CC2)s1. The highest BCUT2D eigenvalue weighted by Crippen LogP contribution is 2.49. The molecule has 1 N–H and O–H groups in total. The Morgan fingerprint density at radius 2 is 1.84 bits per heavy atom. The number of aryl methyl sites for hydroxylation is 1. The first-order chi connectivity index (χ1) is 12.0. The standard InChI is InChI=1S/C17H20N4O3S/c1-3-11-19-20-17(25-11)18-14(22)8(2)21-15(23)12-9-4-5-10(7-6-9)13(12)16(21)24/h4-5,8-10,12-13H,3,6-7H2,1-2H3,(H,18,20,22)/t8-,9+,10+,12-,13+/m1/s1. The number of likely N-dealkylation sites (tertiary alicyclic amines) is 1. The Labute approximate surface area is 149 Å². The maximum absolute atomic E-state index is 12.9. The van der Waals surface area contributed by atoms with E-state index in [0.717, 1.165) is 24.3 Å². The number of hydrogen-bond acceptors (Lipinski definition) is 6. The van der Waals surface area contributed by atoms with Gasteiger partial charge in [-0.25, -0.2) is 0 Å². The van der Waals surface area contributed by atoms with Crippen molar-refractivity contribution in [3.05, 3.63) is 17.2 Å². The normalized spacial score (nSPS) is 31.4. The molecule has 2 heterocycles. The Hall–Kier alpha value is -2.09. The van der Waals surface area contributed by atoms with Crippen molar-refractivity contribution in [1.29, 1.82) is 0 Å². The molecule has 1 saturated carbocycles. The molecule has 7 nitrogen and oxygen atoms in total. The van der Waals surface area contributed by atoms with Crippen LogP contribution in [-0.2, 0) is 20.8 Å². The van der Waals surface area contributed by atoms with Gasteiger partial charge in [-0.3, -0.25) is 24.6 Å². The van der Waals surface area contributed by atoms with Gasteiger partial charge in [0.1, 0.15) is 11.0 Å². The van der Waals surface area contributed by atoms with Crippen molar-refractivity contribution in [3.8, 4) is 0 Å². The van der Waals surface area contributed by atoms with E-state index in [-0.39, 0.29) is 35.5 Å². The second kappa shape index (κ2) is 6.01. The number of carbonyl (C=O) groups is 3. The number of allylic oxidation sites excluding steroid dienone is 2. The van der Waals surface area contributed by atoms with E-state index in [9.17, 15) is 14.4 Å². The molecule has 0 radical (unpaired) electrons. The lowest BCUT2D eigenvalue weighted by molar-refractivity contribution is -0.146. The molecule has 5 atom stereocenters. The van der Waals surface area contributed by atoms with Gasteiger partial charge in [-0.15, -0.1) is 10.2 Å². The van der Waals surface area contributed by atoms with Gasteiger partial charge in [0.15, 0.2) is 0 Å². The lowest BCUT2D eigenvalue weighted by Gasteiger charge is -2.38. The summed E-state index contributed by atoms with van der Waals surface area (Å²) in [5.41, 5.74) is 0. The minimum absolute atomic E-state index is 0.127. The predicted molar refractivity (Wildman–Crippen MR) is 91.6 cm³/mol. The number of amides is 3. The van der Waals surface area contributed by atoms with Crippen LogP contribution in [0.1, 0.15) is 31.7 Å². The van der Waals surface area contributed by atoms with E-state index in [4.69, 9.17) is 0 Å². The van der Waals surface area contributed by atoms with E-state index in [2.05, 4.69) is 27.7 Å². The molecule has 1 aromatic rings. The summed E-state index contributed by atoms with van der Waals surface area (Å²) in [6.07, 6.45) is 6.77. The average Bonchev–Trinajstić information content (AvgIpc) is 3.19. The van der Waals surface area contributed by atoms with E-state index < -0.39 is 11.9 Å². The first kappa shape index (κ1) is 16.4. The summed E-state index contributed by atoms with van der Waals surface area (Å²) in [5.74, 6) is -1.14. The largest absolute Gasteiger partial charge is 0.299 e. The van der Waals surface area contributed by atoms with Crippen LogP contribution in [0.25, 0.3) is 0 Å². The Bertz CT molecular complexity index is 742. The van der Waals surface area contributed by atoms with E-state index in [1.165, 1.54) is 16.2 Å². The second-order valence-corrected chi connectivity index (χ2v) is 7.97. The van der Waals surface area contributed by atoms with Gasteiger partial charge in [0.05, 0.1) is 11.8 Å². The van der Waals surface area contributed by atoms with Crippen molar-refractivity contribution >= 4 is 34.2 Å². The molecule has 1 aliphatic heterocycles. The van der Waals surface area contributed by atoms with Crippen LogP contribution in [0, 0.1) is 23.7 Å². The highest BCUT2D eigenvalue weighted by atomic mass is 32.1. The third-order valence-electron chi connectivity index (χ3n) is 5.56. The van der Waals surface area contributed by atoms with E-state index in [1.54, 1.807) is 6.92 Å². The zero-order valence-electron chi connectivity index (χ0n) is 14.1. The van der Waals surface area contributed by atoms with Crippen LogP contribution < -0.4 is 5.32 Å². The number of imide groups is 1. The molecule has 0 unspecified atom stereocenters. The number of carbonyl (C=O) groups excluding carboxylic acids is 3. The number of rotatable bonds is 4. The monoisotopic (exact) mass is 360 g/mol. The van der Waals surface area contributed by atoms with Crippen LogP contribution in [-0.4, -0.2) is 38.9 Å². The second-order valence-electron chi connectivity index (χ2n) is 6.91. The van der Waals surface area contributed by atoms with Gasteiger partial charge < -0.3 is 0 Å². The molecule has 3 amide bonds. The summed E-state index contributed by atoms with van der Waals surface area (Å²) >= 11 is 1.30. The number of anilines is 1. The fraction of sp³-hybridized carbons (Fsp3) is 0.588. The van der Waals surface area contributed by atoms with Crippen LogP contribution in [0.5, 0.6) is 0 Å². The summed E-state index contributed by atoms with van der Waals surface area (Å²) in [6, 6.07) is -0.848. The van der Waals surface area contributed by atoms with Gasteiger partial charge >= 0.3 is 0 Å². The summed E-state index contributed by atoms with van der Waals surface area (Å²) < 4.78 is 0. The molecule has 2 bridgehead atoms. The van der Waals surface area contributed by atoms with Crippen molar-refractivity contribution in [3.63, 3.8) is 0 Å². The van der Waals surface area contributed by atoms with Crippen LogP contribution in [0.4, 0.5) is 5.13 Å². The molecule has 1 saturated heterocycles. The van der Waals surface area contributed by atoms with Gasteiger partial charge in [-0.2, -0.15) is 0 Å². The fourth-order valence-corrected chi connectivity index (χ4v) is 4.94. The molecule has 3 aliphatic carbocycles. The molecule has 0 spiro atoms. The summed E-state index contributed by atoms with van der Waals surface area (Å²) in [7, 11) is 0. The molecule has 1 aromatic heterocycles. The molecule has 5 rings (SSSR count). The summed E-state index contributed by atoms with van der Waals surface area (Å²) in [4.78, 5) is 39.4. The van der Waals surface area contributed by atoms with E-state index in [0.29, 0.717) is 5.13 Å². The van der Waals surface area contributed by atoms with Crippen molar-refractivity contribution in [2.24, 2.45) is 23.7 Å². The first-order valence-corrected chi connectivity index (χ1v) is 9.51. The zero-order valence-corrected chi connectivity index (χ0v) is 15.0. The molecule has 132 valence electrons. The van der Waals surface area contributed by atoms with Crippen LogP contribution >= 0.6 is 11.3 Å². The topological polar surface area (TPSA) is 92.3 Å². The third kappa shape index (κ3) is 2.50. The number of aromatic nitrogens is 2. The van der Waals surface area contributed by atoms with Gasteiger partial charge in [-0.05, 0) is 38.0 Å². The minimum atomic E-state index is -0.848. The Kier molecular flexibility index (Phi) is 3.94. The maximum Gasteiger partial charge on any atom is 0.249 e. The van der Waals surface area contributed by atoms with Crippen molar-refractivity contribution in [1.82, 2.24) is 15.1 Å². The Morgan fingerprint density at radius 1 is 1.24 bits per heavy atom. The number of nitrogens with zero attached hydrogens (tertiary/aromatic N) is 3. The predicted octanol–water partition coefficient (Wildman–Crippen LogP) is 1.62. The first-order valence-electron chi connectivity index (χ1n) is 8.69. The lowest BCUT2D eigenvalue weighted by atomic mass is 9.63. The molecular formula is C17H20N4O3S. The number of hydrogen-bond donors (Lipinski definition) is 1. The van der Waals surface area contributed by atoms with E-state index >= 15 is 0 Å². The zero-order chi connectivity index (χ0) is 17.7. The van der Waals surface area contributed by atoms with Gasteiger partial charge in [0.25, 0.3) is 0 Å². The van der Waals surface area contributed by atoms with Crippen molar-refractivity contribution < 1.29 is 14.4 Å².